The number of aromatic hydroxyl groups is 1. The van der Waals surface area contributed by atoms with Crippen molar-refractivity contribution in [1.82, 2.24) is 15.1 Å². The average Bonchev–Trinajstić information content (AvgIpc) is 2.69. The number of fused-ring (bicyclic) bond motifs is 1. The van der Waals surface area contributed by atoms with E-state index in [9.17, 15) is 5.11 Å². The first kappa shape index (κ1) is 17.8. The Morgan fingerprint density at radius 2 is 2.07 bits per heavy atom. The van der Waals surface area contributed by atoms with E-state index in [1.54, 1.807) is 0 Å². The van der Waals surface area contributed by atoms with Gasteiger partial charge in [0.2, 0.25) is 0 Å². The third-order valence-corrected chi connectivity index (χ3v) is 5.50. The number of phenols is 1. The van der Waals surface area contributed by atoms with Gasteiger partial charge in [0, 0.05) is 36.8 Å². The fourth-order valence-corrected chi connectivity index (χ4v) is 3.99. The van der Waals surface area contributed by atoms with Gasteiger partial charge in [0.05, 0.1) is 0 Å². The van der Waals surface area contributed by atoms with Crippen LogP contribution in [0.25, 0.3) is 10.8 Å². The molecule has 2 N–H and O–H groups in total. The van der Waals surface area contributed by atoms with E-state index in [1.807, 2.05) is 54.5 Å². The van der Waals surface area contributed by atoms with Crippen molar-refractivity contribution in [2.45, 2.75) is 32.0 Å². The molecule has 0 amide bonds. The van der Waals surface area contributed by atoms with E-state index in [0.29, 0.717) is 6.04 Å². The molecule has 0 aliphatic carbocycles. The quantitative estimate of drug-likeness (QED) is 0.865. The summed E-state index contributed by atoms with van der Waals surface area (Å²) >= 11 is 0. The van der Waals surface area contributed by atoms with E-state index in [4.69, 9.17) is 0 Å². The van der Waals surface area contributed by atoms with Gasteiger partial charge in [-0.3, -0.25) is 0 Å². The maximum absolute atomic E-state index is 10.7. The minimum atomic E-state index is -0.321. The predicted molar refractivity (Wildman–Crippen MR) is 107 cm³/mol. The van der Waals surface area contributed by atoms with Gasteiger partial charge >= 0.3 is 0 Å². The lowest BCUT2D eigenvalue weighted by Gasteiger charge is -2.34. The zero-order chi connectivity index (χ0) is 18.8. The third kappa shape index (κ3) is 3.62. The molecule has 2 aromatic carbocycles. The number of piperidine rings is 1. The molecule has 0 saturated carbocycles. The summed E-state index contributed by atoms with van der Waals surface area (Å²) in [7, 11) is 1.97. The first-order valence-electron chi connectivity index (χ1n) is 9.70. The number of nitrogens with one attached hydrogen (secondary N) is 1. The monoisotopic (exact) mass is 365 g/mol. The van der Waals surface area contributed by atoms with Crippen LogP contribution < -0.4 is 5.32 Å². The number of rotatable bonds is 4. The van der Waals surface area contributed by atoms with Crippen LogP contribution in [0.4, 0.5) is 0 Å². The predicted octanol–water partition coefficient (Wildman–Crippen LogP) is 3.81. The van der Waals surface area contributed by atoms with Crippen molar-refractivity contribution in [2.24, 2.45) is 10.2 Å². The number of likely N-dealkylation sites (tertiary alicyclic amines) is 1. The Hall–Kier alpha value is -2.60. The SMILES string of the molecule is CCN1CCCC(NC2=CN(C)[C@@H](c3ccc4ccccc4c3O)N=N2)C1. The molecule has 1 unspecified atom stereocenters. The summed E-state index contributed by atoms with van der Waals surface area (Å²) in [5.41, 5.74) is 0.769. The molecule has 6 nitrogen and oxygen atoms in total. The molecule has 142 valence electrons. The van der Waals surface area contributed by atoms with Crippen molar-refractivity contribution in [1.29, 1.82) is 0 Å². The zero-order valence-electron chi connectivity index (χ0n) is 16.0. The zero-order valence-corrected chi connectivity index (χ0v) is 16.0. The molecule has 2 atom stereocenters. The molecule has 4 rings (SSSR count). The van der Waals surface area contributed by atoms with Crippen LogP contribution in [0, 0.1) is 0 Å². The molecular formula is C21H27N5O. The summed E-state index contributed by atoms with van der Waals surface area (Å²) in [4.78, 5) is 4.46. The van der Waals surface area contributed by atoms with E-state index in [-0.39, 0.29) is 11.9 Å². The topological polar surface area (TPSA) is 63.5 Å². The smallest absolute Gasteiger partial charge is 0.171 e. The van der Waals surface area contributed by atoms with Crippen LogP contribution in [-0.4, -0.2) is 47.6 Å². The molecule has 1 fully saturated rings. The average molecular weight is 365 g/mol. The van der Waals surface area contributed by atoms with Gasteiger partial charge in [-0.1, -0.05) is 43.3 Å². The van der Waals surface area contributed by atoms with Crippen LogP contribution in [0.15, 0.2) is 58.6 Å². The van der Waals surface area contributed by atoms with Crippen molar-refractivity contribution < 1.29 is 5.11 Å². The largest absolute Gasteiger partial charge is 0.507 e. The van der Waals surface area contributed by atoms with Gasteiger partial charge in [-0.05, 0) is 31.3 Å². The second-order valence-electron chi connectivity index (χ2n) is 7.37. The molecule has 6 heteroatoms. The Morgan fingerprint density at radius 1 is 1.22 bits per heavy atom. The molecule has 2 heterocycles. The summed E-state index contributed by atoms with van der Waals surface area (Å²) in [5.74, 6) is 1.07. The van der Waals surface area contributed by atoms with Crippen molar-refractivity contribution in [2.75, 3.05) is 26.7 Å². The van der Waals surface area contributed by atoms with E-state index < -0.39 is 0 Å². The molecule has 0 radical (unpaired) electrons. The highest BCUT2D eigenvalue weighted by Crippen LogP contribution is 2.37. The standard InChI is InChI=1S/C21H27N5O/c1-3-26-12-6-8-16(13-26)22-19-14-25(2)21(24-23-19)18-11-10-15-7-4-5-9-17(15)20(18)27/h4-5,7,9-11,14,16,21-22,27H,3,6,8,12-13H2,1-2H3/t16?,21-/m0/s1. The van der Waals surface area contributed by atoms with Crippen LogP contribution in [0.5, 0.6) is 5.75 Å². The molecular weight excluding hydrogens is 338 g/mol. The normalized spacial score (nSPS) is 23.5. The van der Waals surface area contributed by atoms with Gasteiger partial charge in [-0.15, -0.1) is 5.11 Å². The summed E-state index contributed by atoms with van der Waals surface area (Å²) < 4.78 is 0. The molecule has 0 spiro atoms. The lowest BCUT2D eigenvalue weighted by molar-refractivity contribution is 0.202. The van der Waals surface area contributed by atoms with Gasteiger partial charge < -0.3 is 20.2 Å². The number of phenolic OH excluding ortho intramolecular Hbond substituents is 1. The van der Waals surface area contributed by atoms with Crippen LogP contribution in [0.2, 0.25) is 0 Å². The van der Waals surface area contributed by atoms with E-state index >= 15 is 0 Å². The highest BCUT2D eigenvalue weighted by molar-refractivity contribution is 5.89. The lowest BCUT2D eigenvalue weighted by atomic mass is 10.0. The number of nitrogens with zero attached hydrogens (tertiary/aromatic N) is 4. The lowest BCUT2D eigenvalue weighted by Crippen LogP contribution is -2.45. The first-order valence-corrected chi connectivity index (χ1v) is 9.70. The molecule has 2 aliphatic rings. The summed E-state index contributed by atoms with van der Waals surface area (Å²) in [6, 6.07) is 12.2. The summed E-state index contributed by atoms with van der Waals surface area (Å²) in [6.07, 6.45) is 4.03. The Labute approximate surface area is 160 Å². The fourth-order valence-electron chi connectivity index (χ4n) is 3.99. The fraction of sp³-hybridized carbons (Fsp3) is 0.429. The molecule has 2 aromatic rings. The Bertz CT molecular complexity index is 878. The molecule has 2 aliphatic heterocycles. The van der Waals surface area contributed by atoms with Crippen LogP contribution in [0.1, 0.15) is 31.5 Å². The Kier molecular flexibility index (Phi) is 4.99. The van der Waals surface area contributed by atoms with Crippen molar-refractivity contribution in [3.63, 3.8) is 0 Å². The van der Waals surface area contributed by atoms with Crippen molar-refractivity contribution in [3.8, 4) is 5.75 Å². The maximum atomic E-state index is 10.7. The Balaban J connectivity index is 1.50. The second kappa shape index (κ2) is 7.56. The highest BCUT2D eigenvalue weighted by Gasteiger charge is 2.25. The van der Waals surface area contributed by atoms with Gasteiger partial charge in [0.15, 0.2) is 12.0 Å². The number of azo groups is 1. The maximum Gasteiger partial charge on any atom is 0.171 e. The van der Waals surface area contributed by atoms with Crippen LogP contribution >= 0.6 is 0 Å². The minimum absolute atomic E-state index is 0.277. The summed E-state index contributed by atoms with van der Waals surface area (Å²) in [5, 5.41) is 25.0. The molecule has 0 bridgehead atoms. The first-order chi connectivity index (χ1) is 13.2. The molecule has 1 saturated heterocycles. The number of hydrogen-bond acceptors (Lipinski definition) is 6. The van der Waals surface area contributed by atoms with E-state index in [0.717, 1.165) is 41.7 Å². The Morgan fingerprint density at radius 3 is 2.89 bits per heavy atom. The second-order valence-corrected chi connectivity index (χ2v) is 7.37. The molecule has 27 heavy (non-hydrogen) atoms. The van der Waals surface area contributed by atoms with Gasteiger partial charge in [-0.25, -0.2) is 0 Å². The van der Waals surface area contributed by atoms with Gasteiger partial charge in [0.25, 0.3) is 0 Å². The number of hydrogen-bond donors (Lipinski definition) is 2. The van der Waals surface area contributed by atoms with Crippen LogP contribution in [-0.2, 0) is 0 Å². The number of likely N-dealkylation sites (N-methyl/N-ethyl adjacent to an activating group) is 1. The van der Waals surface area contributed by atoms with Crippen molar-refractivity contribution in [3.05, 3.63) is 54.0 Å². The minimum Gasteiger partial charge on any atom is -0.507 e. The highest BCUT2D eigenvalue weighted by atomic mass is 16.3. The van der Waals surface area contributed by atoms with Gasteiger partial charge in [-0.2, -0.15) is 5.11 Å². The summed E-state index contributed by atoms with van der Waals surface area (Å²) in [6.45, 7) is 5.51. The van der Waals surface area contributed by atoms with E-state index in [1.165, 1.54) is 13.0 Å². The molecule has 0 aromatic heterocycles. The van der Waals surface area contributed by atoms with Crippen molar-refractivity contribution >= 4 is 10.8 Å². The van der Waals surface area contributed by atoms with E-state index in [2.05, 4.69) is 27.4 Å². The van der Waals surface area contributed by atoms with Gasteiger partial charge in [0.1, 0.15) is 5.75 Å². The third-order valence-electron chi connectivity index (χ3n) is 5.50. The number of benzene rings is 2. The van der Waals surface area contributed by atoms with Crippen LogP contribution in [0.3, 0.4) is 0 Å².